The van der Waals surface area contributed by atoms with Gasteiger partial charge in [-0.1, -0.05) is 5.21 Å². The summed E-state index contributed by atoms with van der Waals surface area (Å²) in [5.74, 6) is 0.616. The van der Waals surface area contributed by atoms with Crippen LogP contribution in [0.2, 0.25) is 0 Å². The number of aromatic amines is 1. The van der Waals surface area contributed by atoms with Crippen LogP contribution < -0.4 is 10.6 Å². The molecule has 0 bridgehead atoms. The Kier molecular flexibility index (Phi) is 2.58. The molecular weight excluding hydrogens is 200 g/mol. The molecule has 76 valence electrons. The van der Waals surface area contributed by atoms with E-state index in [4.69, 9.17) is 12.2 Å². The Balaban J connectivity index is 1.81. The predicted molar refractivity (Wildman–Crippen MR) is 54.5 cm³/mol. The van der Waals surface area contributed by atoms with Crippen molar-refractivity contribution >= 4 is 17.3 Å². The summed E-state index contributed by atoms with van der Waals surface area (Å²) >= 11 is 5.11. The van der Waals surface area contributed by atoms with Gasteiger partial charge in [0, 0.05) is 6.04 Å². The molecule has 1 atom stereocenters. The second kappa shape index (κ2) is 3.87. The number of hydrogen-bond donors (Lipinski definition) is 3. The van der Waals surface area contributed by atoms with Gasteiger partial charge in [0.1, 0.15) is 0 Å². The molecular formula is C7H12N6S. The van der Waals surface area contributed by atoms with Crippen LogP contribution in [0.3, 0.4) is 0 Å². The zero-order valence-corrected chi connectivity index (χ0v) is 8.64. The number of thiocarbonyl (C=S) groups is 1. The second-order valence-corrected chi connectivity index (χ2v) is 3.79. The summed E-state index contributed by atoms with van der Waals surface area (Å²) in [6.07, 6.45) is 2.41. The summed E-state index contributed by atoms with van der Waals surface area (Å²) in [6.45, 7) is 1.94. The molecule has 0 spiro atoms. The van der Waals surface area contributed by atoms with Gasteiger partial charge < -0.3 is 10.6 Å². The molecule has 0 aromatic carbocycles. The average molecular weight is 212 g/mol. The van der Waals surface area contributed by atoms with Crippen LogP contribution in [0, 0.1) is 0 Å². The van der Waals surface area contributed by atoms with Crippen molar-refractivity contribution in [1.29, 1.82) is 0 Å². The molecule has 0 amide bonds. The number of H-pyrrole nitrogens is 1. The number of rotatable bonds is 3. The van der Waals surface area contributed by atoms with Crippen molar-refractivity contribution in [3.05, 3.63) is 5.82 Å². The lowest BCUT2D eigenvalue weighted by Gasteiger charge is -2.13. The molecule has 1 aromatic heterocycles. The summed E-state index contributed by atoms with van der Waals surface area (Å²) < 4.78 is 0. The molecule has 0 saturated heterocycles. The first-order valence-electron chi connectivity index (χ1n) is 4.56. The fourth-order valence-electron chi connectivity index (χ4n) is 1.07. The van der Waals surface area contributed by atoms with E-state index in [1.54, 1.807) is 0 Å². The van der Waals surface area contributed by atoms with Gasteiger partial charge in [-0.05, 0) is 32.0 Å². The van der Waals surface area contributed by atoms with E-state index < -0.39 is 0 Å². The van der Waals surface area contributed by atoms with Crippen LogP contribution in [-0.2, 0) is 0 Å². The minimum absolute atomic E-state index is 0.0208. The lowest BCUT2D eigenvalue weighted by Crippen LogP contribution is -2.38. The zero-order chi connectivity index (χ0) is 9.97. The van der Waals surface area contributed by atoms with Gasteiger partial charge in [-0.25, -0.2) is 0 Å². The Bertz CT molecular complexity index is 306. The van der Waals surface area contributed by atoms with Crippen molar-refractivity contribution in [2.45, 2.75) is 31.8 Å². The molecule has 1 aromatic rings. The normalized spacial score (nSPS) is 17.5. The third-order valence-corrected chi connectivity index (χ3v) is 2.24. The Morgan fingerprint density at radius 1 is 1.64 bits per heavy atom. The third-order valence-electron chi connectivity index (χ3n) is 2.01. The van der Waals surface area contributed by atoms with E-state index >= 15 is 0 Å². The first-order chi connectivity index (χ1) is 6.75. The van der Waals surface area contributed by atoms with Crippen LogP contribution in [-0.4, -0.2) is 31.8 Å². The van der Waals surface area contributed by atoms with Gasteiger partial charge in [0.15, 0.2) is 10.9 Å². The lowest BCUT2D eigenvalue weighted by molar-refractivity contribution is 0.652. The molecule has 3 N–H and O–H groups in total. The van der Waals surface area contributed by atoms with Gasteiger partial charge in [0.25, 0.3) is 0 Å². The Morgan fingerprint density at radius 2 is 2.43 bits per heavy atom. The van der Waals surface area contributed by atoms with Crippen molar-refractivity contribution in [2.75, 3.05) is 0 Å². The maximum Gasteiger partial charge on any atom is 0.196 e. The van der Waals surface area contributed by atoms with E-state index in [-0.39, 0.29) is 6.04 Å². The van der Waals surface area contributed by atoms with E-state index in [0.717, 1.165) is 0 Å². The Morgan fingerprint density at radius 3 is 3.00 bits per heavy atom. The average Bonchev–Trinajstić information content (AvgIpc) is 2.80. The predicted octanol–water partition coefficient (Wildman–Crippen LogP) is -0.113. The quantitative estimate of drug-likeness (QED) is 0.607. The highest BCUT2D eigenvalue weighted by molar-refractivity contribution is 7.80. The monoisotopic (exact) mass is 212 g/mol. The topological polar surface area (TPSA) is 78.5 Å². The number of nitrogens with zero attached hydrogens (tertiary/aromatic N) is 3. The minimum atomic E-state index is -0.0208. The molecule has 1 heterocycles. The smallest absolute Gasteiger partial charge is 0.196 e. The van der Waals surface area contributed by atoms with Crippen molar-refractivity contribution < 1.29 is 0 Å². The highest BCUT2D eigenvalue weighted by atomic mass is 32.1. The summed E-state index contributed by atoms with van der Waals surface area (Å²) in [6, 6.07) is 0.542. The molecule has 1 saturated carbocycles. The molecule has 6 nitrogen and oxygen atoms in total. The Hall–Kier alpha value is -1.24. The van der Waals surface area contributed by atoms with Gasteiger partial charge in [-0.2, -0.15) is 5.21 Å². The van der Waals surface area contributed by atoms with Crippen molar-refractivity contribution in [2.24, 2.45) is 0 Å². The van der Waals surface area contributed by atoms with Gasteiger partial charge in [0.05, 0.1) is 6.04 Å². The molecule has 1 unspecified atom stereocenters. The molecule has 2 rings (SSSR count). The standard InChI is InChI=1S/C7H12N6S/c1-4(6-10-12-13-11-6)8-7(14)9-5-2-3-5/h4-5H,2-3H2,1H3,(H2,8,9,14)(H,10,11,12,13). The molecule has 0 radical (unpaired) electrons. The summed E-state index contributed by atoms with van der Waals surface area (Å²) in [7, 11) is 0. The highest BCUT2D eigenvalue weighted by Crippen LogP contribution is 2.18. The number of tetrazole rings is 1. The maximum absolute atomic E-state index is 5.11. The lowest BCUT2D eigenvalue weighted by atomic mass is 10.3. The SMILES string of the molecule is CC(NC(=S)NC1CC1)c1nn[nH]n1. The molecule has 1 fully saturated rings. The van der Waals surface area contributed by atoms with Gasteiger partial charge in [-0.3, -0.25) is 0 Å². The van der Waals surface area contributed by atoms with Gasteiger partial charge in [0.2, 0.25) is 0 Å². The molecule has 14 heavy (non-hydrogen) atoms. The number of aromatic nitrogens is 4. The maximum atomic E-state index is 5.11. The largest absolute Gasteiger partial charge is 0.360 e. The van der Waals surface area contributed by atoms with Crippen LogP contribution in [0.4, 0.5) is 0 Å². The first-order valence-corrected chi connectivity index (χ1v) is 4.97. The summed E-state index contributed by atoms with van der Waals surface area (Å²) in [4.78, 5) is 0. The van der Waals surface area contributed by atoms with Crippen molar-refractivity contribution in [3.63, 3.8) is 0 Å². The van der Waals surface area contributed by atoms with Crippen LogP contribution in [0.1, 0.15) is 31.6 Å². The highest BCUT2D eigenvalue weighted by Gasteiger charge is 2.22. The van der Waals surface area contributed by atoms with E-state index in [1.807, 2.05) is 6.92 Å². The van der Waals surface area contributed by atoms with E-state index in [2.05, 4.69) is 31.3 Å². The third kappa shape index (κ3) is 2.38. The van der Waals surface area contributed by atoms with Crippen LogP contribution >= 0.6 is 12.2 Å². The van der Waals surface area contributed by atoms with Crippen LogP contribution in [0.25, 0.3) is 0 Å². The van der Waals surface area contributed by atoms with E-state index in [1.165, 1.54) is 12.8 Å². The molecule has 0 aliphatic heterocycles. The van der Waals surface area contributed by atoms with Crippen LogP contribution in [0.5, 0.6) is 0 Å². The van der Waals surface area contributed by atoms with Crippen molar-refractivity contribution in [1.82, 2.24) is 31.3 Å². The molecule has 7 heteroatoms. The number of nitrogens with one attached hydrogen (secondary N) is 3. The molecule has 1 aliphatic rings. The second-order valence-electron chi connectivity index (χ2n) is 3.38. The van der Waals surface area contributed by atoms with E-state index in [9.17, 15) is 0 Å². The fraction of sp³-hybridized carbons (Fsp3) is 0.714. The Labute approximate surface area is 86.8 Å². The molecule has 1 aliphatic carbocycles. The fourth-order valence-corrected chi connectivity index (χ4v) is 1.41. The van der Waals surface area contributed by atoms with E-state index in [0.29, 0.717) is 17.0 Å². The minimum Gasteiger partial charge on any atom is -0.360 e. The number of hydrogen-bond acceptors (Lipinski definition) is 4. The van der Waals surface area contributed by atoms with Crippen LogP contribution in [0.15, 0.2) is 0 Å². The van der Waals surface area contributed by atoms with Gasteiger partial charge in [-0.15, -0.1) is 10.2 Å². The summed E-state index contributed by atoms with van der Waals surface area (Å²) in [5, 5.41) is 20.5. The summed E-state index contributed by atoms with van der Waals surface area (Å²) in [5.41, 5.74) is 0. The first kappa shape index (κ1) is 9.32. The van der Waals surface area contributed by atoms with Gasteiger partial charge >= 0.3 is 0 Å². The zero-order valence-electron chi connectivity index (χ0n) is 7.82. The van der Waals surface area contributed by atoms with Crippen molar-refractivity contribution in [3.8, 4) is 0 Å².